The highest BCUT2D eigenvalue weighted by molar-refractivity contribution is 5.13. The zero-order valence-corrected chi connectivity index (χ0v) is 10.9. The maximum atomic E-state index is 9.37. The summed E-state index contributed by atoms with van der Waals surface area (Å²) in [7, 11) is 0. The summed E-state index contributed by atoms with van der Waals surface area (Å²) in [5, 5.41) is 12.7. The summed E-state index contributed by atoms with van der Waals surface area (Å²) >= 11 is 0. The molecule has 17 heavy (non-hydrogen) atoms. The zero-order valence-electron chi connectivity index (χ0n) is 10.9. The standard InChI is InChI=1S/C14H23NO2/c1-11(15-12(2)13(3)16)9-17-10-14-7-5-4-6-8-14/h4-8,11-13,15-16H,9-10H2,1-3H3. The molecule has 1 aromatic carbocycles. The fourth-order valence-electron chi connectivity index (χ4n) is 1.56. The topological polar surface area (TPSA) is 41.5 Å². The summed E-state index contributed by atoms with van der Waals surface area (Å²) in [5.41, 5.74) is 1.18. The van der Waals surface area contributed by atoms with E-state index in [0.717, 1.165) is 0 Å². The van der Waals surface area contributed by atoms with E-state index in [2.05, 4.69) is 24.4 Å². The molecular weight excluding hydrogens is 214 g/mol. The van der Waals surface area contributed by atoms with Crippen LogP contribution in [0.1, 0.15) is 26.3 Å². The molecule has 3 atom stereocenters. The van der Waals surface area contributed by atoms with Gasteiger partial charge in [0.1, 0.15) is 0 Å². The molecule has 3 heteroatoms. The summed E-state index contributed by atoms with van der Waals surface area (Å²) in [6.45, 7) is 7.10. The highest BCUT2D eigenvalue weighted by Crippen LogP contribution is 2.01. The second-order valence-electron chi connectivity index (χ2n) is 4.60. The third-order valence-corrected chi connectivity index (χ3v) is 2.75. The van der Waals surface area contributed by atoms with Crippen molar-refractivity contribution in [3.8, 4) is 0 Å². The molecule has 2 N–H and O–H groups in total. The van der Waals surface area contributed by atoms with Crippen molar-refractivity contribution in [1.82, 2.24) is 5.32 Å². The molecule has 0 aliphatic heterocycles. The monoisotopic (exact) mass is 237 g/mol. The lowest BCUT2D eigenvalue weighted by atomic mass is 10.2. The van der Waals surface area contributed by atoms with Crippen LogP contribution >= 0.6 is 0 Å². The quantitative estimate of drug-likeness (QED) is 0.761. The number of rotatable bonds is 7. The molecule has 0 aliphatic rings. The number of ether oxygens (including phenoxy) is 1. The lowest BCUT2D eigenvalue weighted by Gasteiger charge is -2.22. The fraction of sp³-hybridized carbons (Fsp3) is 0.571. The van der Waals surface area contributed by atoms with Crippen LogP contribution in [-0.2, 0) is 11.3 Å². The van der Waals surface area contributed by atoms with Crippen molar-refractivity contribution in [2.45, 2.75) is 45.6 Å². The van der Waals surface area contributed by atoms with Crippen molar-refractivity contribution < 1.29 is 9.84 Å². The molecule has 96 valence electrons. The average Bonchev–Trinajstić information content (AvgIpc) is 2.30. The Hall–Kier alpha value is -0.900. The molecule has 1 aromatic rings. The van der Waals surface area contributed by atoms with E-state index in [-0.39, 0.29) is 18.2 Å². The van der Waals surface area contributed by atoms with Crippen LogP contribution in [0.2, 0.25) is 0 Å². The normalized spacial score (nSPS) is 16.5. The Morgan fingerprint density at radius 3 is 2.41 bits per heavy atom. The molecule has 0 spiro atoms. The Kier molecular flexibility index (Phi) is 6.19. The van der Waals surface area contributed by atoms with Crippen LogP contribution in [0, 0.1) is 0 Å². The number of aliphatic hydroxyl groups excluding tert-OH is 1. The number of hydrogen-bond acceptors (Lipinski definition) is 3. The largest absolute Gasteiger partial charge is 0.392 e. The van der Waals surface area contributed by atoms with E-state index >= 15 is 0 Å². The first kappa shape index (κ1) is 14.2. The molecule has 0 heterocycles. The molecule has 0 aromatic heterocycles. The van der Waals surface area contributed by atoms with Crippen molar-refractivity contribution in [2.24, 2.45) is 0 Å². The van der Waals surface area contributed by atoms with Crippen LogP contribution in [0.15, 0.2) is 30.3 Å². The molecule has 0 bridgehead atoms. The Morgan fingerprint density at radius 2 is 1.82 bits per heavy atom. The summed E-state index contributed by atoms with van der Waals surface area (Å²) < 4.78 is 5.62. The summed E-state index contributed by atoms with van der Waals surface area (Å²) in [5.74, 6) is 0. The molecule has 1 rings (SSSR count). The number of benzene rings is 1. The van der Waals surface area contributed by atoms with Crippen molar-refractivity contribution >= 4 is 0 Å². The first-order valence-electron chi connectivity index (χ1n) is 6.15. The maximum absolute atomic E-state index is 9.37. The summed E-state index contributed by atoms with van der Waals surface area (Å²) in [4.78, 5) is 0. The third-order valence-electron chi connectivity index (χ3n) is 2.75. The molecule has 0 fully saturated rings. The van der Waals surface area contributed by atoms with Gasteiger partial charge >= 0.3 is 0 Å². The van der Waals surface area contributed by atoms with Crippen LogP contribution < -0.4 is 5.32 Å². The second-order valence-corrected chi connectivity index (χ2v) is 4.60. The van der Waals surface area contributed by atoms with Crippen molar-refractivity contribution in [2.75, 3.05) is 6.61 Å². The van der Waals surface area contributed by atoms with Crippen LogP contribution in [-0.4, -0.2) is 29.9 Å². The van der Waals surface area contributed by atoms with Crippen molar-refractivity contribution in [3.05, 3.63) is 35.9 Å². The van der Waals surface area contributed by atoms with Crippen molar-refractivity contribution in [1.29, 1.82) is 0 Å². The van der Waals surface area contributed by atoms with E-state index in [4.69, 9.17) is 4.74 Å². The lowest BCUT2D eigenvalue weighted by molar-refractivity contribution is 0.0867. The summed E-state index contributed by atoms with van der Waals surface area (Å²) in [6, 6.07) is 10.4. The van der Waals surface area contributed by atoms with E-state index in [1.165, 1.54) is 5.56 Å². The third kappa shape index (κ3) is 5.82. The number of nitrogens with one attached hydrogen (secondary N) is 1. The minimum absolute atomic E-state index is 0.0883. The van der Waals surface area contributed by atoms with E-state index in [1.807, 2.05) is 25.1 Å². The average molecular weight is 237 g/mol. The fourth-order valence-corrected chi connectivity index (χ4v) is 1.56. The van der Waals surface area contributed by atoms with Gasteiger partial charge in [-0.1, -0.05) is 30.3 Å². The molecule has 0 saturated carbocycles. The van der Waals surface area contributed by atoms with Gasteiger partial charge in [-0.2, -0.15) is 0 Å². The zero-order chi connectivity index (χ0) is 12.7. The first-order chi connectivity index (χ1) is 8.09. The summed E-state index contributed by atoms with van der Waals surface area (Å²) in [6.07, 6.45) is -0.341. The van der Waals surface area contributed by atoms with E-state index in [0.29, 0.717) is 13.2 Å². The smallest absolute Gasteiger partial charge is 0.0717 e. The van der Waals surface area contributed by atoms with Gasteiger partial charge < -0.3 is 15.2 Å². The Labute approximate surface area is 104 Å². The van der Waals surface area contributed by atoms with Crippen LogP contribution in [0.5, 0.6) is 0 Å². The molecule has 0 amide bonds. The predicted octanol–water partition coefficient (Wildman–Crippen LogP) is 1.95. The van der Waals surface area contributed by atoms with Gasteiger partial charge in [-0.15, -0.1) is 0 Å². The predicted molar refractivity (Wildman–Crippen MR) is 69.8 cm³/mol. The van der Waals surface area contributed by atoms with Gasteiger partial charge in [0.05, 0.1) is 19.3 Å². The van der Waals surface area contributed by atoms with Crippen LogP contribution in [0.3, 0.4) is 0 Å². The highest BCUT2D eigenvalue weighted by atomic mass is 16.5. The SMILES string of the molecule is CC(COCc1ccccc1)NC(C)C(C)O. The number of aliphatic hydroxyl groups is 1. The van der Waals surface area contributed by atoms with Crippen molar-refractivity contribution in [3.63, 3.8) is 0 Å². The van der Waals surface area contributed by atoms with Gasteiger partial charge in [0.15, 0.2) is 0 Å². The maximum Gasteiger partial charge on any atom is 0.0717 e. The van der Waals surface area contributed by atoms with Gasteiger partial charge in [0.2, 0.25) is 0 Å². The first-order valence-corrected chi connectivity index (χ1v) is 6.15. The molecule has 3 unspecified atom stereocenters. The van der Waals surface area contributed by atoms with E-state index in [1.54, 1.807) is 6.92 Å². The minimum atomic E-state index is -0.341. The Morgan fingerprint density at radius 1 is 1.18 bits per heavy atom. The molecule has 3 nitrogen and oxygen atoms in total. The van der Waals surface area contributed by atoms with Crippen LogP contribution in [0.4, 0.5) is 0 Å². The molecule has 0 radical (unpaired) electrons. The lowest BCUT2D eigenvalue weighted by Crippen LogP contribution is -2.43. The molecular formula is C14H23NO2. The number of hydrogen-bond donors (Lipinski definition) is 2. The second kappa shape index (κ2) is 7.43. The van der Waals surface area contributed by atoms with Gasteiger partial charge in [-0.05, 0) is 26.3 Å². The van der Waals surface area contributed by atoms with Gasteiger partial charge in [0.25, 0.3) is 0 Å². The highest BCUT2D eigenvalue weighted by Gasteiger charge is 2.11. The van der Waals surface area contributed by atoms with Gasteiger partial charge in [-0.3, -0.25) is 0 Å². The molecule has 0 aliphatic carbocycles. The van der Waals surface area contributed by atoms with E-state index < -0.39 is 0 Å². The Balaban J connectivity index is 2.18. The minimum Gasteiger partial charge on any atom is -0.392 e. The van der Waals surface area contributed by atoms with Gasteiger partial charge in [0, 0.05) is 12.1 Å². The Bertz CT molecular complexity index is 300. The van der Waals surface area contributed by atoms with Crippen LogP contribution in [0.25, 0.3) is 0 Å². The van der Waals surface area contributed by atoms with E-state index in [9.17, 15) is 5.11 Å². The molecule has 0 saturated heterocycles. The van der Waals surface area contributed by atoms with Gasteiger partial charge in [-0.25, -0.2) is 0 Å².